The number of fused-ring (bicyclic) bond motifs is 1. The van der Waals surface area contributed by atoms with Crippen LogP contribution in [0.3, 0.4) is 0 Å². The predicted molar refractivity (Wildman–Crippen MR) is 136 cm³/mol. The van der Waals surface area contributed by atoms with Gasteiger partial charge in [0.25, 0.3) is 0 Å². The van der Waals surface area contributed by atoms with Crippen LogP contribution in [0.4, 0.5) is 36.4 Å². The van der Waals surface area contributed by atoms with Crippen molar-refractivity contribution in [3.05, 3.63) is 41.6 Å². The number of nitrogens with one attached hydrogen (secondary N) is 1. The molecule has 11 heteroatoms. The molecule has 2 saturated heterocycles. The Morgan fingerprint density at radius 3 is 2.39 bits per heavy atom. The number of piperazine rings is 1. The van der Waals surface area contributed by atoms with Gasteiger partial charge in [0, 0.05) is 50.3 Å². The lowest BCUT2D eigenvalue weighted by Crippen LogP contribution is -2.46. The van der Waals surface area contributed by atoms with Crippen molar-refractivity contribution in [1.29, 1.82) is 0 Å². The number of benzene rings is 1. The number of nitrogens with two attached hydrogens (primary N) is 1. The molecule has 3 N–H and O–H groups in total. The van der Waals surface area contributed by atoms with Gasteiger partial charge in [-0.05, 0) is 49.7 Å². The Morgan fingerprint density at radius 2 is 1.75 bits per heavy atom. The molecule has 2 aliphatic heterocycles. The second-order valence-electron chi connectivity index (χ2n) is 9.45. The normalized spacial score (nSPS) is 17.8. The van der Waals surface area contributed by atoms with Crippen LogP contribution in [0, 0.1) is 0 Å². The number of nitrogens with zero attached hydrogens (tertiary/aromatic N) is 6. The van der Waals surface area contributed by atoms with E-state index in [1.165, 1.54) is 0 Å². The number of halogens is 3. The van der Waals surface area contributed by atoms with Crippen LogP contribution in [0.2, 0.25) is 0 Å². The number of rotatable bonds is 6. The number of alkyl halides is 3. The molecular formula is C25H31F3N8. The minimum Gasteiger partial charge on any atom is -0.399 e. The molecule has 3 aromatic rings. The van der Waals surface area contributed by atoms with Gasteiger partial charge in [0.05, 0.1) is 23.3 Å². The number of hydrogen-bond donors (Lipinski definition) is 2. The van der Waals surface area contributed by atoms with Gasteiger partial charge in [-0.2, -0.15) is 18.2 Å². The lowest BCUT2D eigenvalue weighted by atomic mass is 10.0. The summed E-state index contributed by atoms with van der Waals surface area (Å²) in [6, 6.07) is 5.16. The minimum atomic E-state index is -4.47. The Bertz CT molecular complexity index is 1240. The number of likely N-dealkylation sites (N-methyl/N-ethyl adjacent to an activating group) is 1. The third-order valence-electron chi connectivity index (χ3n) is 7.00. The van der Waals surface area contributed by atoms with Crippen LogP contribution in [0.15, 0.2) is 30.5 Å². The Labute approximate surface area is 208 Å². The molecule has 0 unspecified atom stereocenters. The van der Waals surface area contributed by atoms with Gasteiger partial charge in [-0.3, -0.25) is 0 Å². The Morgan fingerprint density at radius 1 is 1.00 bits per heavy atom. The zero-order chi connectivity index (χ0) is 25.4. The zero-order valence-corrected chi connectivity index (χ0v) is 20.5. The van der Waals surface area contributed by atoms with E-state index in [1.807, 2.05) is 6.07 Å². The highest BCUT2D eigenvalue weighted by atomic mass is 19.4. The number of hydrogen-bond acceptors (Lipinski definition) is 8. The van der Waals surface area contributed by atoms with Crippen molar-refractivity contribution < 1.29 is 13.2 Å². The van der Waals surface area contributed by atoms with Gasteiger partial charge in [0.1, 0.15) is 11.6 Å². The summed E-state index contributed by atoms with van der Waals surface area (Å²) in [7, 11) is 0. The topological polar surface area (TPSA) is 86.4 Å². The molecule has 2 aromatic heterocycles. The van der Waals surface area contributed by atoms with Crippen molar-refractivity contribution in [1.82, 2.24) is 19.9 Å². The van der Waals surface area contributed by atoms with Crippen molar-refractivity contribution in [3.63, 3.8) is 0 Å². The third kappa shape index (κ3) is 4.97. The molecule has 2 aliphatic rings. The predicted octanol–water partition coefficient (Wildman–Crippen LogP) is 4.15. The minimum absolute atomic E-state index is 0.0694. The summed E-state index contributed by atoms with van der Waals surface area (Å²) >= 11 is 0. The standard InChI is InChI=1S/C25H31F3N8/c1-3-34-7-9-35(10-8-34)22-14-20-21(15-30-22)32-24(36-5-4-6-36)33-23(20)31-16(2)17-11-18(25(26,27)28)13-19(29)12-17/h11-16H,3-10,29H2,1-2H3,(H,31,32,33)/t16-/m1/s1. The van der Waals surface area contributed by atoms with Gasteiger partial charge >= 0.3 is 6.18 Å². The van der Waals surface area contributed by atoms with E-state index in [-0.39, 0.29) is 5.69 Å². The van der Waals surface area contributed by atoms with Gasteiger partial charge in [-0.25, -0.2) is 9.97 Å². The number of nitrogen functional groups attached to an aromatic ring is 1. The van der Waals surface area contributed by atoms with Crippen molar-refractivity contribution >= 4 is 34.2 Å². The molecule has 0 saturated carbocycles. The first-order valence-electron chi connectivity index (χ1n) is 12.4. The fourth-order valence-electron chi connectivity index (χ4n) is 4.62. The summed E-state index contributed by atoms with van der Waals surface area (Å²) in [5.41, 5.74) is 6.25. The molecule has 5 rings (SSSR count). The maximum atomic E-state index is 13.4. The summed E-state index contributed by atoms with van der Waals surface area (Å²) in [5, 5.41) is 4.13. The molecule has 4 heterocycles. The average molecular weight is 501 g/mol. The maximum absolute atomic E-state index is 13.4. The van der Waals surface area contributed by atoms with Gasteiger partial charge < -0.3 is 25.8 Å². The van der Waals surface area contributed by atoms with E-state index in [1.54, 1.807) is 19.2 Å². The van der Waals surface area contributed by atoms with Crippen LogP contribution in [0.25, 0.3) is 10.9 Å². The Kier molecular flexibility index (Phi) is 6.50. The Hall–Kier alpha value is -3.34. The van der Waals surface area contributed by atoms with Crippen LogP contribution < -0.4 is 20.9 Å². The molecule has 1 atom stereocenters. The lowest BCUT2D eigenvalue weighted by molar-refractivity contribution is -0.137. The van der Waals surface area contributed by atoms with Gasteiger partial charge in [0.15, 0.2) is 0 Å². The maximum Gasteiger partial charge on any atom is 0.416 e. The van der Waals surface area contributed by atoms with E-state index in [2.05, 4.69) is 31.9 Å². The molecular weight excluding hydrogens is 469 g/mol. The van der Waals surface area contributed by atoms with E-state index in [9.17, 15) is 13.2 Å². The van der Waals surface area contributed by atoms with Crippen LogP contribution in [0.1, 0.15) is 37.4 Å². The fourth-order valence-corrected chi connectivity index (χ4v) is 4.62. The largest absolute Gasteiger partial charge is 0.416 e. The zero-order valence-electron chi connectivity index (χ0n) is 20.5. The van der Waals surface area contributed by atoms with Gasteiger partial charge in [0.2, 0.25) is 5.95 Å². The molecule has 192 valence electrons. The number of pyridine rings is 1. The summed E-state index contributed by atoms with van der Waals surface area (Å²) in [4.78, 5) is 20.9. The van der Waals surface area contributed by atoms with E-state index in [4.69, 9.17) is 15.7 Å². The molecule has 8 nitrogen and oxygen atoms in total. The summed E-state index contributed by atoms with van der Waals surface area (Å²) in [6.45, 7) is 10.4. The van der Waals surface area contributed by atoms with Crippen molar-refractivity contribution in [2.45, 2.75) is 32.5 Å². The second kappa shape index (κ2) is 9.61. The van der Waals surface area contributed by atoms with Gasteiger partial charge in [-0.15, -0.1) is 0 Å². The summed E-state index contributed by atoms with van der Waals surface area (Å²) in [5.74, 6) is 2.01. The molecule has 0 amide bonds. The number of aromatic nitrogens is 3. The van der Waals surface area contributed by atoms with E-state index >= 15 is 0 Å². The smallest absolute Gasteiger partial charge is 0.399 e. The molecule has 1 aromatic carbocycles. The summed E-state index contributed by atoms with van der Waals surface area (Å²) < 4.78 is 40.2. The van der Waals surface area contributed by atoms with Crippen LogP contribution >= 0.6 is 0 Å². The first-order chi connectivity index (χ1) is 17.2. The SMILES string of the molecule is CCN1CCN(c2cc3c(N[C@H](C)c4cc(N)cc(C(F)(F)F)c4)nc(N4CCC4)nc3cn2)CC1. The fraction of sp³-hybridized carbons (Fsp3) is 0.480. The average Bonchev–Trinajstić information content (AvgIpc) is 2.82. The van der Waals surface area contributed by atoms with Crippen molar-refractivity contribution in [3.8, 4) is 0 Å². The lowest BCUT2D eigenvalue weighted by Gasteiger charge is -2.35. The van der Waals surface area contributed by atoms with E-state index < -0.39 is 17.8 Å². The third-order valence-corrected chi connectivity index (χ3v) is 7.00. The van der Waals surface area contributed by atoms with Crippen molar-refractivity contribution in [2.75, 3.05) is 66.7 Å². The first-order valence-corrected chi connectivity index (χ1v) is 12.4. The first kappa shape index (κ1) is 24.4. The molecule has 0 aliphatic carbocycles. The molecule has 36 heavy (non-hydrogen) atoms. The van der Waals surface area contributed by atoms with Crippen LogP contribution in [-0.2, 0) is 6.18 Å². The molecule has 2 fully saturated rings. The van der Waals surface area contributed by atoms with Crippen LogP contribution in [0.5, 0.6) is 0 Å². The second-order valence-corrected chi connectivity index (χ2v) is 9.45. The monoisotopic (exact) mass is 500 g/mol. The molecule has 0 spiro atoms. The highest BCUT2D eigenvalue weighted by Gasteiger charge is 2.31. The van der Waals surface area contributed by atoms with Gasteiger partial charge in [-0.1, -0.05) is 6.92 Å². The van der Waals surface area contributed by atoms with E-state index in [0.717, 1.165) is 75.6 Å². The highest BCUT2D eigenvalue weighted by Crippen LogP contribution is 2.35. The molecule has 0 bridgehead atoms. The highest BCUT2D eigenvalue weighted by molar-refractivity contribution is 5.91. The van der Waals surface area contributed by atoms with E-state index in [0.29, 0.717) is 22.8 Å². The molecule has 0 radical (unpaired) electrons. The van der Waals surface area contributed by atoms with Crippen molar-refractivity contribution in [2.24, 2.45) is 0 Å². The quantitative estimate of drug-likeness (QED) is 0.489. The summed E-state index contributed by atoms with van der Waals surface area (Å²) in [6.07, 6.45) is -1.64. The van der Waals surface area contributed by atoms with Crippen LogP contribution in [-0.4, -0.2) is 65.7 Å². The Balaban J connectivity index is 1.50. The number of anilines is 4.